The fraction of sp³-hybridized carbons (Fsp3) is 0.900. The number of nitrogens with one attached hydrogen (secondary N) is 1. The summed E-state index contributed by atoms with van der Waals surface area (Å²) < 4.78 is 5.23. The summed E-state index contributed by atoms with van der Waals surface area (Å²) in [5.41, 5.74) is 0. The van der Waals surface area contributed by atoms with E-state index in [0.717, 1.165) is 19.3 Å². The van der Waals surface area contributed by atoms with Gasteiger partial charge in [0.05, 0.1) is 6.10 Å². The highest BCUT2D eigenvalue weighted by Gasteiger charge is 2.25. The lowest BCUT2D eigenvalue weighted by atomic mass is 10.1. The largest absolute Gasteiger partial charge is 0.381 e. The van der Waals surface area contributed by atoms with Gasteiger partial charge in [0.25, 0.3) is 0 Å². The Hall–Kier alpha value is -0.570. The molecule has 0 aromatic rings. The van der Waals surface area contributed by atoms with E-state index >= 15 is 0 Å². The molecule has 1 rings (SSSR count). The van der Waals surface area contributed by atoms with Gasteiger partial charge in [-0.2, -0.15) is 0 Å². The number of carbonyl (C=O) groups excluding carboxylic acids is 1. The van der Waals surface area contributed by atoms with Crippen molar-refractivity contribution in [3.8, 4) is 0 Å². The number of methoxy groups -OCH3 is 1. The Morgan fingerprint density at radius 1 is 1.46 bits per heavy atom. The highest BCUT2D eigenvalue weighted by Crippen LogP contribution is 2.21. The third-order valence-corrected chi connectivity index (χ3v) is 2.59. The van der Waals surface area contributed by atoms with E-state index in [2.05, 4.69) is 5.32 Å². The van der Waals surface area contributed by atoms with Crippen LogP contribution in [-0.4, -0.2) is 25.2 Å². The van der Waals surface area contributed by atoms with E-state index in [9.17, 15) is 4.79 Å². The maximum atomic E-state index is 11.3. The minimum absolute atomic E-state index is 0.0848. The number of hydrogen-bond donors (Lipinski definition) is 1. The van der Waals surface area contributed by atoms with Crippen LogP contribution in [0.25, 0.3) is 0 Å². The Morgan fingerprint density at radius 2 is 2.15 bits per heavy atom. The van der Waals surface area contributed by atoms with Crippen LogP contribution in [0.15, 0.2) is 0 Å². The summed E-state index contributed by atoms with van der Waals surface area (Å²) in [5, 5.41) is 3.02. The Labute approximate surface area is 79.8 Å². The molecule has 0 heterocycles. The Morgan fingerprint density at radius 3 is 2.62 bits per heavy atom. The van der Waals surface area contributed by atoms with Crippen molar-refractivity contribution in [3.05, 3.63) is 0 Å². The maximum absolute atomic E-state index is 11.3. The smallest absolute Gasteiger partial charge is 0.222 e. The maximum Gasteiger partial charge on any atom is 0.222 e. The van der Waals surface area contributed by atoms with Gasteiger partial charge in [0, 0.05) is 19.1 Å². The lowest BCUT2D eigenvalue weighted by Crippen LogP contribution is -2.36. The number of ether oxygens (including phenoxy) is 1. The molecule has 0 saturated heterocycles. The average Bonchev–Trinajstić information content (AvgIpc) is 2.52. The molecule has 0 spiro atoms. The van der Waals surface area contributed by atoms with Gasteiger partial charge < -0.3 is 10.1 Å². The molecule has 1 aliphatic rings. The Balaban J connectivity index is 2.28. The quantitative estimate of drug-likeness (QED) is 0.720. The van der Waals surface area contributed by atoms with Crippen molar-refractivity contribution in [1.82, 2.24) is 5.32 Å². The summed E-state index contributed by atoms with van der Waals surface area (Å²) in [4.78, 5) is 11.3. The first-order valence-electron chi connectivity index (χ1n) is 4.96. The summed E-state index contributed by atoms with van der Waals surface area (Å²) in [7, 11) is 1.73. The van der Waals surface area contributed by atoms with Crippen molar-refractivity contribution in [2.24, 2.45) is 5.92 Å². The van der Waals surface area contributed by atoms with Gasteiger partial charge in [-0.3, -0.25) is 4.79 Å². The van der Waals surface area contributed by atoms with Crippen LogP contribution in [0, 0.1) is 5.92 Å². The molecule has 3 heteroatoms. The fourth-order valence-corrected chi connectivity index (χ4v) is 1.65. The monoisotopic (exact) mass is 185 g/mol. The third kappa shape index (κ3) is 2.99. The summed E-state index contributed by atoms with van der Waals surface area (Å²) >= 11 is 0. The standard InChI is InChI=1S/C10H19NO2/c1-7(2)10(12)11-8-4-5-9(6-8)13-3/h7-9H,4-6H2,1-3H3,(H,11,12). The molecule has 76 valence electrons. The van der Waals surface area contributed by atoms with Crippen molar-refractivity contribution >= 4 is 5.91 Å². The zero-order chi connectivity index (χ0) is 9.84. The van der Waals surface area contributed by atoms with Gasteiger partial charge in [0.2, 0.25) is 5.91 Å². The van der Waals surface area contributed by atoms with E-state index in [0.29, 0.717) is 12.1 Å². The van der Waals surface area contributed by atoms with E-state index in [4.69, 9.17) is 4.74 Å². The van der Waals surface area contributed by atoms with Crippen LogP contribution >= 0.6 is 0 Å². The van der Waals surface area contributed by atoms with E-state index < -0.39 is 0 Å². The van der Waals surface area contributed by atoms with Crippen molar-refractivity contribution in [2.75, 3.05) is 7.11 Å². The molecule has 1 amide bonds. The van der Waals surface area contributed by atoms with Gasteiger partial charge in [0.15, 0.2) is 0 Å². The molecule has 1 N–H and O–H groups in total. The van der Waals surface area contributed by atoms with Gasteiger partial charge in [-0.25, -0.2) is 0 Å². The van der Waals surface area contributed by atoms with Crippen molar-refractivity contribution in [2.45, 2.75) is 45.3 Å². The minimum atomic E-state index is 0.0848. The molecule has 2 unspecified atom stereocenters. The van der Waals surface area contributed by atoms with Crippen molar-refractivity contribution < 1.29 is 9.53 Å². The van der Waals surface area contributed by atoms with Crippen molar-refractivity contribution in [1.29, 1.82) is 0 Å². The molecule has 2 atom stereocenters. The van der Waals surface area contributed by atoms with E-state index in [1.807, 2.05) is 13.8 Å². The summed E-state index contributed by atoms with van der Waals surface area (Å²) in [6.07, 6.45) is 3.43. The van der Waals surface area contributed by atoms with Gasteiger partial charge in [-0.15, -0.1) is 0 Å². The molecule has 3 nitrogen and oxygen atoms in total. The summed E-state index contributed by atoms with van der Waals surface area (Å²) in [6, 6.07) is 0.333. The molecule has 0 bridgehead atoms. The lowest BCUT2D eigenvalue weighted by molar-refractivity contribution is -0.124. The van der Waals surface area contributed by atoms with E-state index in [-0.39, 0.29) is 11.8 Å². The molecule has 1 aliphatic carbocycles. The second-order valence-corrected chi connectivity index (χ2v) is 4.03. The summed E-state index contributed by atoms with van der Waals surface area (Å²) in [5.74, 6) is 0.239. The SMILES string of the molecule is COC1CCC(NC(=O)C(C)C)C1. The molecule has 1 saturated carbocycles. The highest BCUT2D eigenvalue weighted by molar-refractivity contribution is 5.78. The lowest BCUT2D eigenvalue weighted by Gasteiger charge is -2.14. The first-order chi connectivity index (χ1) is 6.13. The van der Waals surface area contributed by atoms with E-state index in [1.54, 1.807) is 7.11 Å². The van der Waals surface area contributed by atoms with Crippen LogP contribution in [0.3, 0.4) is 0 Å². The number of amides is 1. The van der Waals surface area contributed by atoms with Gasteiger partial charge >= 0.3 is 0 Å². The van der Waals surface area contributed by atoms with Crippen LogP contribution in [-0.2, 0) is 9.53 Å². The zero-order valence-electron chi connectivity index (χ0n) is 8.67. The van der Waals surface area contributed by atoms with Crippen LogP contribution in [0.1, 0.15) is 33.1 Å². The van der Waals surface area contributed by atoms with Crippen LogP contribution < -0.4 is 5.32 Å². The fourth-order valence-electron chi connectivity index (χ4n) is 1.65. The predicted molar refractivity (Wildman–Crippen MR) is 51.4 cm³/mol. The number of carbonyl (C=O) groups is 1. The first kappa shape index (κ1) is 10.5. The molecule has 0 aliphatic heterocycles. The van der Waals surface area contributed by atoms with Crippen LogP contribution in [0.4, 0.5) is 0 Å². The number of rotatable bonds is 3. The molecular formula is C10H19NO2. The second kappa shape index (κ2) is 4.61. The topological polar surface area (TPSA) is 38.3 Å². The molecule has 13 heavy (non-hydrogen) atoms. The molecule has 0 aromatic heterocycles. The van der Waals surface area contributed by atoms with E-state index in [1.165, 1.54) is 0 Å². The van der Waals surface area contributed by atoms with Gasteiger partial charge in [-0.1, -0.05) is 13.8 Å². The molecule has 1 fully saturated rings. The first-order valence-corrected chi connectivity index (χ1v) is 4.96. The normalized spacial score (nSPS) is 28.0. The minimum Gasteiger partial charge on any atom is -0.381 e. The second-order valence-electron chi connectivity index (χ2n) is 4.03. The third-order valence-electron chi connectivity index (χ3n) is 2.59. The molecular weight excluding hydrogens is 166 g/mol. The highest BCUT2D eigenvalue weighted by atomic mass is 16.5. The van der Waals surface area contributed by atoms with Gasteiger partial charge in [-0.05, 0) is 19.3 Å². The predicted octanol–water partition coefficient (Wildman–Crippen LogP) is 1.33. The molecule has 0 aromatic carbocycles. The average molecular weight is 185 g/mol. The number of hydrogen-bond acceptors (Lipinski definition) is 2. The van der Waals surface area contributed by atoms with Crippen LogP contribution in [0.5, 0.6) is 0 Å². The zero-order valence-corrected chi connectivity index (χ0v) is 8.67. The Kier molecular flexibility index (Phi) is 3.72. The van der Waals surface area contributed by atoms with Crippen molar-refractivity contribution in [3.63, 3.8) is 0 Å². The molecule has 0 radical (unpaired) electrons. The Bertz CT molecular complexity index is 180. The summed E-state index contributed by atoms with van der Waals surface area (Å²) in [6.45, 7) is 3.83. The van der Waals surface area contributed by atoms with Gasteiger partial charge in [0.1, 0.15) is 0 Å². The van der Waals surface area contributed by atoms with Crippen LogP contribution in [0.2, 0.25) is 0 Å².